The number of halogens is 1. The van der Waals surface area contributed by atoms with Crippen LogP contribution in [0.1, 0.15) is 0 Å². The van der Waals surface area contributed by atoms with Gasteiger partial charge in [0.2, 0.25) is 0 Å². The molecule has 3 heteroatoms. The summed E-state index contributed by atoms with van der Waals surface area (Å²) in [5.74, 6) is 0. The molecule has 0 spiro atoms. The molecule has 0 aliphatic carbocycles. The van der Waals surface area contributed by atoms with Gasteiger partial charge in [-0.25, -0.2) is 0 Å². The first-order valence-electron chi connectivity index (χ1n) is 4.19. The molecule has 2 rings (SSSR count). The molecule has 2 aromatic carbocycles. The van der Waals surface area contributed by atoms with Gasteiger partial charge in [0.15, 0.2) is 0 Å². The van der Waals surface area contributed by atoms with Crippen LogP contribution in [-0.4, -0.2) is 0 Å². The summed E-state index contributed by atoms with van der Waals surface area (Å²) in [4.78, 5) is 0. The molecule has 0 saturated heterocycles. The van der Waals surface area contributed by atoms with E-state index in [4.69, 9.17) is 5.73 Å². The molecule has 0 atom stereocenters. The van der Waals surface area contributed by atoms with Crippen molar-refractivity contribution in [2.24, 2.45) is 0 Å². The third-order valence-corrected chi connectivity index (χ3v) is 1.96. The zero-order valence-corrected chi connectivity index (χ0v) is 10.3. The van der Waals surface area contributed by atoms with E-state index in [-0.39, 0.29) is 32.8 Å². The number of rotatable bonds is 1. The van der Waals surface area contributed by atoms with Crippen molar-refractivity contribution in [2.75, 3.05) is 5.73 Å². The Labute approximate surface area is 110 Å². The van der Waals surface area contributed by atoms with Crippen LogP contribution in [0.4, 0.5) is 5.69 Å². The van der Waals surface area contributed by atoms with Crippen molar-refractivity contribution in [3.05, 3.63) is 54.6 Å². The second-order valence-corrected chi connectivity index (χ2v) is 2.86. The third-order valence-electron chi connectivity index (χ3n) is 1.96. The van der Waals surface area contributed by atoms with Crippen molar-refractivity contribution in [2.45, 2.75) is 0 Å². The zero-order valence-electron chi connectivity index (χ0n) is 7.92. The van der Waals surface area contributed by atoms with Crippen LogP contribution in [0.2, 0.25) is 0 Å². The van der Waals surface area contributed by atoms with Crippen LogP contribution in [-0.2, 0) is 20.4 Å². The first-order chi connectivity index (χ1) is 6.38. The van der Waals surface area contributed by atoms with Crippen molar-refractivity contribution in [1.29, 1.82) is 0 Å². The van der Waals surface area contributed by atoms with Crippen LogP contribution in [0, 0.1) is 6.07 Å². The van der Waals surface area contributed by atoms with Crippen LogP contribution in [0.3, 0.4) is 0 Å². The summed E-state index contributed by atoms with van der Waals surface area (Å²) in [5.41, 5.74) is 8.72. The molecule has 0 heterocycles. The van der Waals surface area contributed by atoms with Crippen LogP contribution in [0.5, 0.6) is 0 Å². The Kier molecular flexibility index (Phi) is 6.28. The molecule has 0 saturated carbocycles. The van der Waals surface area contributed by atoms with Crippen LogP contribution >= 0.6 is 12.4 Å². The van der Waals surface area contributed by atoms with Gasteiger partial charge in [-0.2, -0.15) is 0 Å². The maximum absolute atomic E-state index is 5.83. The molecule has 15 heavy (non-hydrogen) atoms. The standard InChI is InChI=1S/C12H10N.ClH.Pd/c13-12-9-5-4-8-11(12)10-6-2-1-3-7-10;;/h1-6,8-9H,13H2;1H;/q-1;;. The van der Waals surface area contributed by atoms with Gasteiger partial charge in [-0.1, -0.05) is 23.8 Å². The van der Waals surface area contributed by atoms with E-state index in [0.717, 1.165) is 16.8 Å². The van der Waals surface area contributed by atoms with Crippen molar-refractivity contribution in [1.82, 2.24) is 0 Å². The average Bonchev–Trinajstić information content (AvgIpc) is 2.20. The minimum atomic E-state index is 0. The maximum atomic E-state index is 5.83. The minimum Gasteiger partial charge on any atom is -0.406 e. The van der Waals surface area contributed by atoms with Gasteiger partial charge >= 0.3 is 0 Å². The van der Waals surface area contributed by atoms with Crippen molar-refractivity contribution in [3.8, 4) is 11.1 Å². The molecule has 2 N–H and O–H groups in total. The topological polar surface area (TPSA) is 26.0 Å². The van der Waals surface area contributed by atoms with Crippen molar-refractivity contribution < 1.29 is 20.4 Å². The monoisotopic (exact) mass is 310 g/mol. The number of benzene rings is 2. The van der Waals surface area contributed by atoms with Gasteiger partial charge in [-0.3, -0.25) is 0 Å². The zero-order chi connectivity index (χ0) is 9.10. The first kappa shape index (κ1) is 14.2. The molecule has 0 fully saturated rings. The van der Waals surface area contributed by atoms with E-state index in [1.165, 1.54) is 0 Å². The van der Waals surface area contributed by atoms with Gasteiger partial charge in [0.05, 0.1) is 0 Å². The molecule has 2 aromatic rings. The molecular weight excluding hydrogens is 300 g/mol. The summed E-state index contributed by atoms with van der Waals surface area (Å²) in [6.07, 6.45) is 0. The average molecular weight is 311 g/mol. The van der Waals surface area contributed by atoms with Gasteiger partial charge in [-0.15, -0.1) is 48.3 Å². The van der Waals surface area contributed by atoms with E-state index in [9.17, 15) is 0 Å². The molecule has 0 radical (unpaired) electrons. The molecule has 1 nitrogen and oxygen atoms in total. The maximum Gasteiger partial charge on any atom is 0 e. The molecule has 0 aliphatic heterocycles. The van der Waals surface area contributed by atoms with Crippen LogP contribution in [0.15, 0.2) is 48.5 Å². The fourth-order valence-electron chi connectivity index (χ4n) is 1.30. The molecule has 0 aliphatic rings. The minimum absolute atomic E-state index is 0. The van der Waals surface area contributed by atoms with Gasteiger partial charge in [0, 0.05) is 20.4 Å². The predicted octanol–water partition coefficient (Wildman–Crippen LogP) is 3.16. The van der Waals surface area contributed by atoms with E-state index in [1.54, 1.807) is 0 Å². The first-order valence-corrected chi connectivity index (χ1v) is 4.19. The summed E-state index contributed by atoms with van der Waals surface area (Å²) in [5, 5.41) is 0. The second kappa shape index (κ2) is 6.63. The number of anilines is 1. The molecule has 0 amide bonds. The van der Waals surface area contributed by atoms with Gasteiger partial charge < -0.3 is 5.73 Å². The SMILES string of the molecule is Cl.Nc1ccccc1-c1[c-]cccc1.[Pd]. The van der Waals surface area contributed by atoms with E-state index >= 15 is 0 Å². The fourth-order valence-corrected chi connectivity index (χ4v) is 1.30. The van der Waals surface area contributed by atoms with Crippen LogP contribution < -0.4 is 5.73 Å². The summed E-state index contributed by atoms with van der Waals surface area (Å²) < 4.78 is 0. The Morgan fingerprint density at radius 2 is 1.60 bits per heavy atom. The quantitative estimate of drug-likeness (QED) is 0.489. The molecule has 82 valence electrons. The van der Waals surface area contributed by atoms with E-state index in [2.05, 4.69) is 6.07 Å². The van der Waals surface area contributed by atoms with E-state index < -0.39 is 0 Å². The van der Waals surface area contributed by atoms with Gasteiger partial charge in [0.1, 0.15) is 0 Å². The number of hydrogen-bond donors (Lipinski definition) is 1. The fraction of sp³-hybridized carbons (Fsp3) is 0. The van der Waals surface area contributed by atoms with Crippen LogP contribution in [0.25, 0.3) is 11.1 Å². The summed E-state index contributed by atoms with van der Waals surface area (Å²) in [7, 11) is 0. The number of para-hydroxylation sites is 1. The van der Waals surface area contributed by atoms with E-state index in [0.29, 0.717) is 0 Å². The molecular formula is C12H11ClNPd-. The van der Waals surface area contributed by atoms with E-state index in [1.807, 2.05) is 48.5 Å². The largest absolute Gasteiger partial charge is 0.406 e. The Bertz CT molecular complexity index is 403. The Balaban J connectivity index is 0.000000980. The Morgan fingerprint density at radius 3 is 2.20 bits per heavy atom. The third kappa shape index (κ3) is 3.36. The van der Waals surface area contributed by atoms with Crippen molar-refractivity contribution in [3.63, 3.8) is 0 Å². The Morgan fingerprint density at radius 1 is 0.933 bits per heavy atom. The van der Waals surface area contributed by atoms with Crippen molar-refractivity contribution >= 4 is 18.1 Å². The van der Waals surface area contributed by atoms with Gasteiger partial charge in [0.25, 0.3) is 0 Å². The van der Waals surface area contributed by atoms with Gasteiger partial charge in [-0.05, 0) is 11.8 Å². The molecule has 0 bridgehead atoms. The summed E-state index contributed by atoms with van der Waals surface area (Å²) in [6.45, 7) is 0. The molecule has 0 unspecified atom stereocenters. The number of nitrogen functional groups attached to an aromatic ring is 1. The normalized spacial score (nSPS) is 8.53. The summed E-state index contributed by atoms with van der Waals surface area (Å²) >= 11 is 0. The molecule has 0 aromatic heterocycles. The predicted molar refractivity (Wildman–Crippen MR) is 62.4 cm³/mol. The smallest absolute Gasteiger partial charge is 0 e. The second-order valence-electron chi connectivity index (χ2n) is 2.86. The number of hydrogen-bond acceptors (Lipinski definition) is 1. The summed E-state index contributed by atoms with van der Waals surface area (Å²) in [6, 6.07) is 18.8. The number of nitrogens with two attached hydrogens (primary N) is 1. The Hall–Kier alpha value is -0.808.